The molecule has 2 N–H and O–H groups in total. The summed E-state index contributed by atoms with van der Waals surface area (Å²) in [6, 6.07) is 6.03. The van der Waals surface area contributed by atoms with Crippen LogP contribution in [-0.2, 0) is 11.2 Å². The highest BCUT2D eigenvalue weighted by atomic mass is 32.2. The zero-order chi connectivity index (χ0) is 13.7. The molecule has 4 nitrogen and oxygen atoms in total. The number of nitrogens with one attached hydrogen (secondary N) is 2. The van der Waals surface area contributed by atoms with E-state index < -0.39 is 0 Å². The molecule has 0 saturated heterocycles. The third-order valence-electron chi connectivity index (χ3n) is 2.85. The molecule has 1 aromatic carbocycles. The average molecular weight is 278 g/mol. The summed E-state index contributed by atoms with van der Waals surface area (Å²) in [6.07, 6.45) is 4.81. The van der Waals surface area contributed by atoms with Crippen molar-refractivity contribution in [3.05, 3.63) is 30.0 Å². The van der Waals surface area contributed by atoms with Crippen molar-refractivity contribution < 1.29 is 9.53 Å². The molecule has 102 valence electrons. The van der Waals surface area contributed by atoms with Crippen LogP contribution in [0.5, 0.6) is 5.75 Å². The van der Waals surface area contributed by atoms with Crippen LogP contribution < -0.4 is 10.1 Å². The number of amides is 1. The van der Waals surface area contributed by atoms with E-state index in [1.807, 2.05) is 30.7 Å². The summed E-state index contributed by atoms with van der Waals surface area (Å²) < 4.78 is 5.61. The summed E-state index contributed by atoms with van der Waals surface area (Å²) in [5.41, 5.74) is 2.28. The van der Waals surface area contributed by atoms with Crippen molar-refractivity contribution in [1.82, 2.24) is 10.3 Å². The van der Waals surface area contributed by atoms with Crippen molar-refractivity contribution in [3.8, 4) is 5.75 Å². The first-order chi connectivity index (χ1) is 9.20. The Kier molecular flexibility index (Phi) is 4.74. The second kappa shape index (κ2) is 6.52. The maximum Gasteiger partial charge on any atom is 0.216 e. The lowest BCUT2D eigenvalue weighted by molar-refractivity contribution is -0.118. The number of ether oxygens (including phenoxy) is 1. The largest absolute Gasteiger partial charge is 0.483 e. The lowest BCUT2D eigenvalue weighted by Gasteiger charge is -2.05. The van der Waals surface area contributed by atoms with E-state index in [0.29, 0.717) is 12.5 Å². The van der Waals surface area contributed by atoms with E-state index in [0.717, 1.165) is 23.1 Å². The molecule has 0 fully saturated rings. The average Bonchev–Trinajstić information content (AvgIpc) is 2.79. The molecule has 19 heavy (non-hydrogen) atoms. The Balaban J connectivity index is 2.12. The van der Waals surface area contributed by atoms with Crippen LogP contribution in [0.25, 0.3) is 10.9 Å². The Hall–Kier alpha value is -1.62. The second-order valence-corrected chi connectivity index (χ2v) is 5.12. The molecule has 1 aromatic heterocycles. The van der Waals surface area contributed by atoms with Gasteiger partial charge in [0.05, 0.1) is 0 Å². The van der Waals surface area contributed by atoms with Crippen LogP contribution in [-0.4, -0.2) is 29.6 Å². The van der Waals surface area contributed by atoms with Gasteiger partial charge in [0, 0.05) is 30.6 Å². The molecule has 0 aliphatic rings. The van der Waals surface area contributed by atoms with Crippen LogP contribution in [0.15, 0.2) is 24.4 Å². The van der Waals surface area contributed by atoms with Gasteiger partial charge in [0.2, 0.25) is 5.91 Å². The van der Waals surface area contributed by atoms with E-state index in [2.05, 4.69) is 10.3 Å². The highest BCUT2D eigenvalue weighted by Gasteiger charge is 2.05. The number of aromatic amines is 1. The number of fused-ring (bicyclic) bond motifs is 1. The zero-order valence-electron chi connectivity index (χ0n) is 11.2. The number of carbonyl (C=O) groups excluding carboxylic acids is 1. The first kappa shape index (κ1) is 13.8. The van der Waals surface area contributed by atoms with Crippen molar-refractivity contribution in [2.24, 2.45) is 0 Å². The van der Waals surface area contributed by atoms with Crippen molar-refractivity contribution in [2.75, 3.05) is 18.7 Å². The van der Waals surface area contributed by atoms with Gasteiger partial charge in [-0.15, -0.1) is 11.8 Å². The van der Waals surface area contributed by atoms with Crippen LogP contribution in [0.1, 0.15) is 12.5 Å². The van der Waals surface area contributed by atoms with Crippen molar-refractivity contribution >= 4 is 28.6 Å². The quantitative estimate of drug-likeness (QED) is 0.798. The fourth-order valence-corrected chi connectivity index (χ4v) is 2.21. The van der Waals surface area contributed by atoms with Gasteiger partial charge in [-0.2, -0.15) is 0 Å². The van der Waals surface area contributed by atoms with E-state index in [4.69, 9.17) is 4.74 Å². The van der Waals surface area contributed by atoms with Crippen LogP contribution in [0.2, 0.25) is 0 Å². The van der Waals surface area contributed by atoms with Gasteiger partial charge in [0.1, 0.15) is 11.7 Å². The van der Waals surface area contributed by atoms with E-state index in [1.165, 1.54) is 12.5 Å². The minimum Gasteiger partial charge on any atom is -0.483 e. The summed E-state index contributed by atoms with van der Waals surface area (Å²) in [5, 5.41) is 3.97. The number of thioether (sulfide) groups is 1. The van der Waals surface area contributed by atoms with Crippen molar-refractivity contribution in [3.63, 3.8) is 0 Å². The van der Waals surface area contributed by atoms with Crippen LogP contribution in [0, 0.1) is 0 Å². The molecular weight excluding hydrogens is 260 g/mol. The number of hydrogen-bond donors (Lipinski definition) is 2. The SMILES string of the molecule is CSCOc1ccc2[nH]cc(CCNC(C)=O)c2c1. The predicted octanol–water partition coefficient (Wildman–Crippen LogP) is 2.55. The zero-order valence-corrected chi connectivity index (χ0v) is 12.0. The third-order valence-corrected chi connectivity index (χ3v) is 3.20. The molecule has 0 spiro atoms. The Bertz CT molecular complexity index is 566. The first-order valence-corrected chi connectivity index (χ1v) is 7.56. The fourth-order valence-electron chi connectivity index (χ4n) is 1.95. The Labute approximate surface area is 116 Å². The number of rotatable bonds is 6. The van der Waals surface area contributed by atoms with E-state index in [1.54, 1.807) is 11.8 Å². The van der Waals surface area contributed by atoms with Crippen molar-refractivity contribution in [2.45, 2.75) is 13.3 Å². The van der Waals surface area contributed by atoms with Gasteiger partial charge >= 0.3 is 0 Å². The number of carbonyl (C=O) groups is 1. The van der Waals surface area contributed by atoms with E-state index >= 15 is 0 Å². The number of H-pyrrole nitrogens is 1. The van der Waals surface area contributed by atoms with Gasteiger partial charge in [0.25, 0.3) is 0 Å². The van der Waals surface area contributed by atoms with E-state index in [-0.39, 0.29) is 5.91 Å². The molecule has 0 aliphatic heterocycles. The monoisotopic (exact) mass is 278 g/mol. The Morgan fingerprint density at radius 2 is 2.32 bits per heavy atom. The van der Waals surface area contributed by atoms with Gasteiger partial charge in [-0.3, -0.25) is 4.79 Å². The van der Waals surface area contributed by atoms with Gasteiger partial charge < -0.3 is 15.0 Å². The van der Waals surface area contributed by atoms with Gasteiger partial charge in [-0.05, 0) is 36.4 Å². The van der Waals surface area contributed by atoms with Crippen molar-refractivity contribution in [1.29, 1.82) is 0 Å². The fraction of sp³-hybridized carbons (Fsp3) is 0.357. The summed E-state index contributed by atoms with van der Waals surface area (Å²) in [5.74, 6) is 1.53. The van der Waals surface area contributed by atoms with Crippen LogP contribution in [0.4, 0.5) is 0 Å². The number of benzene rings is 1. The molecule has 5 heteroatoms. The summed E-state index contributed by atoms with van der Waals surface area (Å²) in [4.78, 5) is 14.1. The van der Waals surface area contributed by atoms with Crippen LogP contribution >= 0.6 is 11.8 Å². The molecule has 0 radical (unpaired) electrons. The Morgan fingerprint density at radius 3 is 3.05 bits per heavy atom. The number of hydrogen-bond acceptors (Lipinski definition) is 3. The Morgan fingerprint density at radius 1 is 1.47 bits per heavy atom. The molecule has 1 heterocycles. The molecule has 0 saturated carbocycles. The van der Waals surface area contributed by atoms with E-state index in [9.17, 15) is 4.79 Å². The smallest absolute Gasteiger partial charge is 0.216 e. The minimum atomic E-state index is 0.00355. The maximum atomic E-state index is 10.9. The minimum absolute atomic E-state index is 0.00355. The summed E-state index contributed by atoms with van der Waals surface area (Å²) in [6.45, 7) is 2.18. The van der Waals surface area contributed by atoms with Gasteiger partial charge in [0.15, 0.2) is 0 Å². The standard InChI is InChI=1S/C14H18N2O2S/c1-10(17)15-6-5-11-8-16-14-4-3-12(7-13(11)14)18-9-19-2/h3-4,7-8,16H,5-6,9H2,1-2H3,(H,15,17). The molecule has 0 unspecified atom stereocenters. The highest BCUT2D eigenvalue weighted by molar-refractivity contribution is 7.98. The third kappa shape index (κ3) is 3.67. The molecule has 0 aliphatic carbocycles. The lowest BCUT2D eigenvalue weighted by atomic mass is 10.1. The first-order valence-electron chi connectivity index (χ1n) is 6.17. The summed E-state index contributed by atoms with van der Waals surface area (Å²) >= 11 is 1.65. The molecule has 1 amide bonds. The number of aromatic nitrogens is 1. The maximum absolute atomic E-state index is 10.9. The second-order valence-electron chi connectivity index (χ2n) is 4.31. The highest BCUT2D eigenvalue weighted by Crippen LogP contribution is 2.24. The molecule has 2 rings (SSSR count). The predicted molar refractivity (Wildman–Crippen MR) is 79.7 cm³/mol. The molecule has 0 atom stereocenters. The lowest BCUT2D eigenvalue weighted by Crippen LogP contribution is -2.22. The molecular formula is C14H18N2O2S. The summed E-state index contributed by atoms with van der Waals surface area (Å²) in [7, 11) is 0. The van der Waals surface area contributed by atoms with Gasteiger partial charge in [-0.1, -0.05) is 0 Å². The topological polar surface area (TPSA) is 54.1 Å². The van der Waals surface area contributed by atoms with Crippen LogP contribution in [0.3, 0.4) is 0 Å². The molecule has 2 aromatic rings. The molecule has 0 bridgehead atoms. The van der Waals surface area contributed by atoms with Gasteiger partial charge in [-0.25, -0.2) is 0 Å². The normalized spacial score (nSPS) is 10.6.